The topological polar surface area (TPSA) is 102 Å². The van der Waals surface area contributed by atoms with Crippen LogP contribution in [-0.2, 0) is 22.7 Å². The van der Waals surface area contributed by atoms with Crippen molar-refractivity contribution < 1.29 is 19.6 Å². The molecule has 0 spiro atoms. The number of fused-ring (bicyclic) bond motifs is 1. The van der Waals surface area contributed by atoms with Gasteiger partial charge in [0.1, 0.15) is 0 Å². The minimum absolute atomic E-state index is 0.292. The number of nitrogens with zero attached hydrogens (tertiary/aromatic N) is 2. The quantitative estimate of drug-likeness (QED) is 0.278. The van der Waals surface area contributed by atoms with E-state index in [0.717, 1.165) is 35.2 Å². The number of hydroxylamine groups is 1. The van der Waals surface area contributed by atoms with Crippen molar-refractivity contribution in [2.75, 3.05) is 14.1 Å². The third-order valence-electron chi connectivity index (χ3n) is 6.06. The average molecular weight is 447 g/mol. The number of benzene rings is 2. The molecule has 8 heteroatoms. The van der Waals surface area contributed by atoms with Gasteiger partial charge in [-0.3, -0.25) is 24.5 Å². The molecule has 170 valence electrons. The molecule has 8 nitrogen and oxygen atoms in total. The number of nitrogens with one attached hydrogen (secondary N) is 2. The molecule has 2 aromatic rings. The Kier molecular flexibility index (Phi) is 6.45. The van der Waals surface area contributed by atoms with E-state index in [1.165, 1.54) is 43.5 Å². The first-order chi connectivity index (χ1) is 15.9. The molecule has 0 aromatic heterocycles. The standard InChI is InChI=1S/C25H26N4O4/c1-26-23(30)22(24(31)27-33)28(2)25(32)18-8-5-16(6-9-18)3-4-17-7-10-19-14-29(21-11-12-21)15-20(19)13-17/h5-10,13,21-22,33H,11-12,14-15H2,1-2H3,(H,26,30)(H,27,31). The van der Waals surface area contributed by atoms with Gasteiger partial charge in [-0.2, -0.15) is 0 Å². The lowest BCUT2D eigenvalue weighted by molar-refractivity contribution is -0.140. The van der Waals surface area contributed by atoms with Gasteiger partial charge in [-0.05, 0) is 60.4 Å². The van der Waals surface area contributed by atoms with Gasteiger partial charge in [0.2, 0.25) is 0 Å². The van der Waals surface area contributed by atoms with Crippen LogP contribution >= 0.6 is 0 Å². The molecule has 3 amide bonds. The fourth-order valence-corrected chi connectivity index (χ4v) is 4.03. The van der Waals surface area contributed by atoms with Crippen molar-refractivity contribution in [1.29, 1.82) is 0 Å². The van der Waals surface area contributed by atoms with Crippen LogP contribution in [-0.4, -0.2) is 58.9 Å². The Morgan fingerprint density at radius 2 is 1.64 bits per heavy atom. The predicted octanol–water partition coefficient (Wildman–Crippen LogP) is 1.26. The number of carbonyl (C=O) groups is 3. The first kappa shape index (κ1) is 22.5. The molecule has 1 unspecified atom stereocenters. The van der Waals surface area contributed by atoms with E-state index in [1.54, 1.807) is 24.3 Å². The second-order valence-corrected chi connectivity index (χ2v) is 8.36. The number of hydrogen-bond donors (Lipinski definition) is 3. The zero-order valence-corrected chi connectivity index (χ0v) is 18.6. The normalized spacial score (nSPS) is 15.6. The fraction of sp³-hybridized carbons (Fsp3) is 0.320. The van der Waals surface area contributed by atoms with Gasteiger partial charge in [-0.1, -0.05) is 17.9 Å². The van der Waals surface area contributed by atoms with Crippen molar-refractivity contribution in [2.24, 2.45) is 0 Å². The minimum atomic E-state index is -1.50. The summed E-state index contributed by atoms with van der Waals surface area (Å²) in [5.41, 5.74) is 6.13. The van der Waals surface area contributed by atoms with Crippen molar-refractivity contribution in [1.82, 2.24) is 20.6 Å². The molecule has 0 bridgehead atoms. The number of amides is 3. The summed E-state index contributed by atoms with van der Waals surface area (Å²) in [5.74, 6) is 4.06. The lowest BCUT2D eigenvalue weighted by Gasteiger charge is -2.25. The van der Waals surface area contributed by atoms with E-state index in [-0.39, 0.29) is 0 Å². The molecule has 1 fully saturated rings. The maximum absolute atomic E-state index is 12.7. The molecule has 2 aromatic carbocycles. The largest absolute Gasteiger partial charge is 0.357 e. The highest BCUT2D eigenvalue weighted by Gasteiger charge is 2.34. The first-order valence-corrected chi connectivity index (χ1v) is 10.8. The van der Waals surface area contributed by atoms with Crippen LogP contribution < -0.4 is 10.8 Å². The molecule has 2 aliphatic rings. The van der Waals surface area contributed by atoms with Crippen molar-refractivity contribution in [3.63, 3.8) is 0 Å². The average Bonchev–Trinajstić information content (AvgIpc) is 3.61. The molecule has 3 N–H and O–H groups in total. The van der Waals surface area contributed by atoms with Crippen LogP contribution in [0, 0.1) is 11.8 Å². The summed E-state index contributed by atoms with van der Waals surface area (Å²) in [7, 11) is 2.67. The number of hydrogen-bond acceptors (Lipinski definition) is 5. The zero-order chi connectivity index (χ0) is 23.5. The van der Waals surface area contributed by atoms with Gasteiger partial charge in [-0.15, -0.1) is 0 Å². The van der Waals surface area contributed by atoms with Crippen molar-refractivity contribution in [3.05, 3.63) is 70.3 Å². The summed E-state index contributed by atoms with van der Waals surface area (Å²) >= 11 is 0. The highest BCUT2D eigenvalue weighted by atomic mass is 16.5. The summed E-state index contributed by atoms with van der Waals surface area (Å²) < 4.78 is 0. The SMILES string of the molecule is CNC(=O)C(C(=O)NO)N(C)C(=O)c1ccc(C#Cc2ccc3c(c2)CN(C2CC2)C3)cc1. The maximum Gasteiger partial charge on any atom is 0.275 e. The summed E-state index contributed by atoms with van der Waals surface area (Å²) in [5, 5.41) is 11.2. The van der Waals surface area contributed by atoms with Crippen LogP contribution in [0.2, 0.25) is 0 Å². The molecule has 0 radical (unpaired) electrons. The smallest absolute Gasteiger partial charge is 0.275 e. The molecule has 1 aliphatic carbocycles. The molecule has 33 heavy (non-hydrogen) atoms. The Balaban J connectivity index is 1.44. The molecule has 1 atom stereocenters. The Bertz CT molecular complexity index is 1130. The van der Waals surface area contributed by atoms with Crippen molar-refractivity contribution in [3.8, 4) is 11.8 Å². The summed E-state index contributed by atoms with van der Waals surface area (Å²) in [4.78, 5) is 40.1. The molecule has 1 saturated carbocycles. The molecule has 1 aliphatic heterocycles. The molecular weight excluding hydrogens is 420 g/mol. The summed E-state index contributed by atoms with van der Waals surface area (Å²) in [6.07, 6.45) is 2.60. The van der Waals surface area contributed by atoms with E-state index < -0.39 is 23.8 Å². The Hall–Kier alpha value is -3.67. The lowest BCUT2D eigenvalue weighted by Crippen LogP contribution is -2.54. The van der Waals surface area contributed by atoms with Gasteiger partial charge in [0.05, 0.1) is 0 Å². The van der Waals surface area contributed by atoms with E-state index >= 15 is 0 Å². The van der Waals surface area contributed by atoms with E-state index in [0.29, 0.717) is 5.56 Å². The third-order valence-corrected chi connectivity index (χ3v) is 6.06. The Morgan fingerprint density at radius 1 is 1.00 bits per heavy atom. The van der Waals surface area contributed by atoms with Crippen LogP contribution in [0.15, 0.2) is 42.5 Å². The highest BCUT2D eigenvalue weighted by molar-refractivity contribution is 6.08. The van der Waals surface area contributed by atoms with Crippen LogP contribution in [0.4, 0.5) is 0 Å². The summed E-state index contributed by atoms with van der Waals surface area (Å²) in [6, 6.07) is 12.2. The molecular formula is C25H26N4O4. The van der Waals surface area contributed by atoms with Gasteiger partial charge in [0.25, 0.3) is 17.7 Å². The highest BCUT2D eigenvalue weighted by Crippen LogP contribution is 2.34. The molecule has 1 heterocycles. The first-order valence-electron chi connectivity index (χ1n) is 10.8. The van der Waals surface area contributed by atoms with Crippen LogP contribution in [0.3, 0.4) is 0 Å². The third kappa shape index (κ3) is 4.90. The summed E-state index contributed by atoms with van der Waals surface area (Å²) in [6.45, 7) is 2.02. The van der Waals surface area contributed by atoms with Crippen LogP contribution in [0.1, 0.15) is 45.5 Å². The maximum atomic E-state index is 12.7. The number of likely N-dealkylation sites (N-methyl/N-ethyl adjacent to an activating group) is 2. The monoisotopic (exact) mass is 446 g/mol. The molecule has 0 saturated heterocycles. The molecule has 4 rings (SSSR count). The van der Waals surface area contributed by atoms with Crippen molar-refractivity contribution in [2.45, 2.75) is 38.0 Å². The lowest BCUT2D eigenvalue weighted by atomic mass is 10.1. The Labute approximate surface area is 192 Å². The van der Waals surface area contributed by atoms with Crippen LogP contribution in [0.5, 0.6) is 0 Å². The van der Waals surface area contributed by atoms with E-state index in [9.17, 15) is 14.4 Å². The van der Waals surface area contributed by atoms with E-state index in [4.69, 9.17) is 5.21 Å². The number of carbonyl (C=O) groups excluding carboxylic acids is 3. The predicted molar refractivity (Wildman–Crippen MR) is 121 cm³/mol. The minimum Gasteiger partial charge on any atom is -0.357 e. The van der Waals surface area contributed by atoms with Gasteiger partial charge < -0.3 is 10.2 Å². The van der Waals surface area contributed by atoms with Crippen LogP contribution in [0.25, 0.3) is 0 Å². The fourth-order valence-electron chi connectivity index (χ4n) is 4.03. The van der Waals surface area contributed by atoms with Gasteiger partial charge >= 0.3 is 0 Å². The van der Waals surface area contributed by atoms with Gasteiger partial charge in [0.15, 0.2) is 6.04 Å². The number of rotatable bonds is 5. The second-order valence-electron chi connectivity index (χ2n) is 8.36. The van der Waals surface area contributed by atoms with Gasteiger partial charge in [-0.25, -0.2) is 5.48 Å². The Morgan fingerprint density at radius 3 is 2.27 bits per heavy atom. The zero-order valence-electron chi connectivity index (χ0n) is 18.6. The van der Waals surface area contributed by atoms with E-state index in [1.807, 2.05) is 6.07 Å². The van der Waals surface area contributed by atoms with E-state index in [2.05, 4.69) is 34.2 Å². The van der Waals surface area contributed by atoms with Gasteiger partial charge in [0, 0.05) is 49.9 Å². The van der Waals surface area contributed by atoms with Crippen molar-refractivity contribution >= 4 is 17.7 Å². The second kappa shape index (κ2) is 9.45.